The van der Waals surface area contributed by atoms with Crippen LogP contribution in [0.1, 0.15) is 23.1 Å². The van der Waals surface area contributed by atoms with Gasteiger partial charge in [0.2, 0.25) is 0 Å². The summed E-state index contributed by atoms with van der Waals surface area (Å²) >= 11 is 9.56. The van der Waals surface area contributed by atoms with E-state index in [2.05, 4.69) is 15.9 Å². The third-order valence-electron chi connectivity index (χ3n) is 3.15. The zero-order chi connectivity index (χ0) is 13.8. The number of nitrogens with two attached hydrogens (primary N) is 1. The van der Waals surface area contributed by atoms with Crippen LogP contribution in [-0.2, 0) is 0 Å². The highest BCUT2D eigenvalue weighted by Gasteiger charge is 2.23. The first-order valence-corrected chi connectivity index (χ1v) is 7.18. The molecule has 0 bridgehead atoms. The molecule has 0 aromatic heterocycles. The second-order valence-corrected chi connectivity index (χ2v) is 5.68. The number of benzene rings is 2. The van der Waals surface area contributed by atoms with Gasteiger partial charge >= 0.3 is 0 Å². The van der Waals surface area contributed by atoms with Crippen molar-refractivity contribution < 1.29 is 5.11 Å². The Bertz CT molecular complexity index is 544. The third-order valence-corrected chi connectivity index (χ3v) is 4.02. The molecule has 0 heterocycles. The minimum Gasteiger partial charge on any atom is -0.388 e. The van der Waals surface area contributed by atoms with E-state index in [4.69, 9.17) is 17.3 Å². The van der Waals surface area contributed by atoms with Crippen LogP contribution in [0.25, 0.3) is 0 Å². The van der Waals surface area contributed by atoms with Crippen molar-refractivity contribution in [2.75, 3.05) is 6.54 Å². The lowest BCUT2D eigenvalue weighted by Gasteiger charge is -2.23. The highest BCUT2D eigenvalue weighted by atomic mass is 79.9. The molecule has 2 atom stereocenters. The zero-order valence-electron chi connectivity index (χ0n) is 10.3. The number of rotatable bonds is 4. The SMILES string of the molecule is NCC(c1ccccc1Cl)C(O)c1ccc(Br)cc1. The Kier molecular flexibility index (Phi) is 4.99. The van der Waals surface area contributed by atoms with Crippen molar-refractivity contribution >= 4 is 27.5 Å². The molecule has 4 heteroatoms. The van der Waals surface area contributed by atoms with Crippen LogP contribution in [0.5, 0.6) is 0 Å². The van der Waals surface area contributed by atoms with Crippen LogP contribution < -0.4 is 5.73 Å². The average Bonchev–Trinajstić information content (AvgIpc) is 2.42. The molecule has 100 valence electrons. The highest BCUT2D eigenvalue weighted by molar-refractivity contribution is 9.10. The standard InChI is InChI=1S/C15H15BrClNO/c16-11-7-5-10(6-8-11)15(19)13(9-18)12-3-1-2-4-14(12)17/h1-8,13,15,19H,9,18H2. The second-order valence-electron chi connectivity index (χ2n) is 4.36. The first-order valence-electron chi connectivity index (χ1n) is 6.01. The number of halogens is 2. The lowest BCUT2D eigenvalue weighted by Crippen LogP contribution is -2.20. The Morgan fingerprint density at radius 3 is 2.32 bits per heavy atom. The van der Waals surface area contributed by atoms with E-state index in [1.807, 2.05) is 48.5 Å². The molecule has 0 aliphatic heterocycles. The van der Waals surface area contributed by atoms with Gasteiger partial charge in [0.1, 0.15) is 0 Å². The molecule has 2 aromatic carbocycles. The lowest BCUT2D eigenvalue weighted by molar-refractivity contribution is 0.147. The summed E-state index contributed by atoms with van der Waals surface area (Å²) in [7, 11) is 0. The summed E-state index contributed by atoms with van der Waals surface area (Å²) in [4.78, 5) is 0. The van der Waals surface area contributed by atoms with Crippen LogP contribution in [0.3, 0.4) is 0 Å². The molecule has 2 rings (SSSR count). The number of hydrogen-bond donors (Lipinski definition) is 2. The van der Waals surface area contributed by atoms with Gasteiger partial charge in [-0.2, -0.15) is 0 Å². The van der Waals surface area contributed by atoms with Gasteiger partial charge in [-0.25, -0.2) is 0 Å². The fourth-order valence-electron chi connectivity index (χ4n) is 2.09. The summed E-state index contributed by atoms with van der Waals surface area (Å²) in [6.45, 7) is 0.334. The Hall–Kier alpha value is -0.870. The molecule has 0 saturated carbocycles. The van der Waals surface area contributed by atoms with Gasteiger partial charge in [-0.1, -0.05) is 57.9 Å². The molecule has 3 N–H and O–H groups in total. The minimum atomic E-state index is -0.669. The largest absolute Gasteiger partial charge is 0.388 e. The van der Waals surface area contributed by atoms with Crippen molar-refractivity contribution in [2.24, 2.45) is 5.73 Å². The van der Waals surface area contributed by atoms with Gasteiger partial charge in [0.25, 0.3) is 0 Å². The summed E-state index contributed by atoms with van der Waals surface area (Å²) in [5, 5.41) is 11.1. The molecule has 0 radical (unpaired) electrons. The van der Waals surface area contributed by atoms with E-state index in [9.17, 15) is 5.11 Å². The Morgan fingerprint density at radius 1 is 1.11 bits per heavy atom. The summed E-state index contributed by atoms with van der Waals surface area (Å²) < 4.78 is 0.977. The molecule has 0 amide bonds. The highest BCUT2D eigenvalue weighted by Crippen LogP contribution is 2.34. The van der Waals surface area contributed by atoms with Crippen molar-refractivity contribution in [1.29, 1.82) is 0 Å². The van der Waals surface area contributed by atoms with E-state index in [0.717, 1.165) is 15.6 Å². The average molecular weight is 341 g/mol. The van der Waals surface area contributed by atoms with Gasteiger partial charge < -0.3 is 10.8 Å². The van der Waals surface area contributed by atoms with Crippen molar-refractivity contribution in [2.45, 2.75) is 12.0 Å². The number of aliphatic hydroxyl groups excluding tert-OH is 1. The Balaban J connectivity index is 2.32. The predicted molar refractivity (Wildman–Crippen MR) is 82.3 cm³/mol. The third kappa shape index (κ3) is 3.37. The van der Waals surface area contributed by atoms with Crippen LogP contribution in [0, 0.1) is 0 Å². The Labute approximate surface area is 126 Å². The molecule has 2 nitrogen and oxygen atoms in total. The monoisotopic (exact) mass is 339 g/mol. The summed E-state index contributed by atoms with van der Waals surface area (Å²) in [6.07, 6.45) is -0.669. The van der Waals surface area contributed by atoms with E-state index in [1.54, 1.807) is 0 Å². The van der Waals surface area contributed by atoms with E-state index in [0.29, 0.717) is 11.6 Å². The fraction of sp³-hybridized carbons (Fsp3) is 0.200. The van der Waals surface area contributed by atoms with Crippen molar-refractivity contribution in [3.63, 3.8) is 0 Å². The first-order chi connectivity index (χ1) is 9.13. The normalized spacial score (nSPS) is 14.1. The van der Waals surface area contributed by atoms with Crippen LogP contribution in [0.2, 0.25) is 5.02 Å². The quantitative estimate of drug-likeness (QED) is 0.887. The van der Waals surface area contributed by atoms with Gasteiger partial charge in [-0.15, -0.1) is 0 Å². The second kappa shape index (κ2) is 6.53. The molecule has 2 aromatic rings. The number of hydrogen-bond acceptors (Lipinski definition) is 2. The molecule has 0 saturated heterocycles. The van der Waals surface area contributed by atoms with Gasteiger partial charge in [-0.05, 0) is 29.3 Å². The zero-order valence-corrected chi connectivity index (χ0v) is 12.6. The van der Waals surface area contributed by atoms with Crippen LogP contribution >= 0.6 is 27.5 Å². The molecule has 0 aliphatic carbocycles. The molecular formula is C15H15BrClNO. The van der Waals surface area contributed by atoms with E-state index >= 15 is 0 Å². The van der Waals surface area contributed by atoms with E-state index in [1.165, 1.54) is 0 Å². The molecule has 0 fully saturated rings. The predicted octanol–water partition coefficient (Wildman–Crippen LogP) is 3.88. The van der Waals surface area contributed by atoms with Crippen molar-refractivity contribution in [3.05, 3.63) is 69.2 Å². The minimum absolute atomic E-state index is 0.213. The van der Waals surface area contributed by atoms with Gasteiger partial charge in [0, 0.05) is 22.0 Å². The molecular weight excluding hydrogens is 326 g/mol. The van der Waals surface area contributed by atoms with E-state index in [-0.39, 0.29) is 5.92 Å². The smallest absolute Gasteiger partial charge is 0.0871 e. The molecule has 19 heavy (non-hydrogen) atoms. The number of aliphatic hydroxyl groups is 1. The maximum Gasteiger partial charge on any atom is 0.0871 e. The van der Waals surface area contributed by atoms with Gasteiger partial charge in [0.15, 0.2) is 0 Å². The van der Waals surface area contributed by atoms with Crippen LogP contribution in [0.15, 0.2) is 53.0 Å². The molecule has 0 aliphatic rings. The van der Waals surface area contributed by atoms with Gasteiger partial charge in [-0.3, -0.25) is 0 Å². The van der Waals surface area contributed by atoms with Crippen LogP contribution in [0.4, 0.5) is 0 Å². The fourth-order valence-corrected chi connectivity index (χ4v) is 2.63. The Morgan fingerprint density at radius 2 is 1.74 bits per heavy atom. The van der Waals surface area contributed by atoms with Crippen molar-refractivity contribution in [3.8, 4) is 0 Å². The molecule has 0 spiro atoms. The van der Waals surface area contributed by atoms with Crippen LogP contribution in [-0.4, -0.2) is 11.7 Å². The summed E-state index contributed by atoms with van der Waals surface area (Å²) in [5.74, 6) is -0.213. The first kappa shape index (κ1) is 14.5. The van der Waals surface area contributed by atoms with Crippen molar-refractivity contribution in [1.82, 2.24) is 0 Å². The van der Waals surface area contributed by atoms with E-state index < -0.39 is 6.10 Å². The van der Waals surface area contributed by atoms with Gasteiger partial charge in [0.05, 0.1) is 6.10 Å². The summed E-state index contributed by atoms with van der Waals surface area (Å²) in [6, 6.07) is 15.1. The maximum atomic E-state index is 10.5. The topological polar surface area (TPSA) is 46.2 Å². The maximum absolute atomic E-state index is 10.5. The lowest BCUT2D eigenvalue weighted by atomic mass is 9.89. The molecule has 2 unspecified atom stereocenters. The summed E-state index contributed by atoms with van der Waals surface area (Å²) in [5.41, 5.74) is 7.52.